The number of ether oxygens (including phenoxy) is 1. The van der Waals surface area contributed by atoms with Crippen molar-refractivity contribution in [3.05, 3.63) is 0 Å². The van der Waals surface area contributed by atoms with Gasteiger partial charge in [0, 0.05) is 13.7 Å². The molecule has 10 heteroatoms. The summed E-state index contributed by atoms with van der Waals surface area (Å²) in [5, 5.41) is 10.4. The van der Waals surface area contributed by atoms with Gasteiger partial charge < -0.3 is 15.8 Å². The number of nitrogens with zero attached hydrogens (tertiary/aromatic N) is 2. The zero-order chi connectivity index (χ0) is 15.0. The van der Waals surface area contributed by atoms with E-state index in [9.17, 15) is 9.59 Å². The van der Waals surface area contributed by atoms with E-state index in [-0.39, 0.29) is 16.9 Å². The lowest BCUT2D eigenvalue weighted by Gasteiger charge is -2.09. The summed E-state index contributed by atoms with van der Waals surface area (Å²) < 4.78 is 6.21. The first kappa shape index (κ1) is 17.2. The molecule has 1 rings (SSSR count). The summed E-state index contributed by atoms with van der Waals surface area (Å²) in [5.74, 6) is -0.300. The van der Waals surface area contributed by atoms with E-state index in [1.165, 1.54) is 34.9 Å². The van der Waals surface area contributed by atoms with E-state index >= 15 is 0 Å². The fourth-order valence-electron chi connectivity index (χ4n) is 1.06. The molecule has 1 aromatic rings. The number of carbonyl (C=O) groups excluding carboxylic acids is 2. The largest absolute Gasteiger partial charge is 0.383 e. The first-order valence-electron chi connectivity index (χ1n) is 5.71. The Balaban J connectivity index is 2.39. The van der Waals surface area contributed by atoms with Crippen molar-refractivity contribution in [2.24, 2.45) is 5.73 Å². The van der Waals surface area contributed by atoms with Gasteiger partial charge in [-0.3, -0.25) is 9.59 Å². The number of nitrogens with one attached hydrogen (secondary N) is 1. The molecule has 0 saturated carbocycles. The minimum Gasteiger partial charge on any atom is -0.383 e. The lowest BCUT2D eigenvalue weighted by molar-refractivity contribution is -0.120. The number of carbonyl (C=O) groups is 2. The quantitative estimate of drug-likeness (QED) is 0.495. The van der Waals surface area contributed by atoms with Gasteiger partial charge in [0.25, 0.3) is 0 Å². The third kappa shape index (κ3) is 6.55. The van der Waals surface area contributed by atoms with E-state index in [2.05, 4.69) is 15.5 Å². The normalized spacial score (nSPS) is 12.1. The fourth-order valence-corrected chi connectivity index (χ4v) is 3.99. The molecular weight excluding hydrogens is 320 g/mol. The third-order valence-electron chi connectivity index (χ3n) is 1.98. The number of primary amides is 1. The van der Waals surface area contributed by atoms with Crippen molar-refractivity contribution in [3.8, 4) is 0 Å². The minimum atomic E-state index is -0.398. The van der Waals surface area contributed by atoms with Crippen molar-refractivity contribution in [2.45, 2.75) is 20.9 Å². The molecule has 0 aliphatic carbocycles. The van der Waals surface area contributed by atoms with E-state index in [0.717, 1.165) is 0 Å². The van der Waals surface area contributed by atoms with Gasteiger partial charge in [0.15, 0.2) is 8.68 Å². The number of rotatable bonds is 9. The molecule has 0 bridgehead atoms. The SMILES string of the molecule is COCCNC(=O)[C@@H](C)Sc1nnc(SCC(N)=O)s1. The van der Waals surface area contributed by atoms with Crippen molar-refractivity contribution in [1.29, 1.82) is 0 Å². The third-order valence-corrected chi connectivity index (χ3v) is 5.24. The highest BCUT2D eigenvalue weighted by molar-refractivity contribution is 8.04. The number of hydrogen-bond acceptors (Lipinski definition) is 8. The summed E-state index contributed by atoms with van der Waals surface area (Å²) in [6, 6.07) is 0. The number of amides is 2. The smallest absolute Gasteiger partial charge is 0.233 e. The molecular formula is C10H16N4O3S3. The maximum atomic E-state index is 11.7. The Bertz CT molecular complexity index is 455. The Kier molecular flexibility index (Phi) is 7.88. The molecule has 0 saturated heterocycles. The molecule has 0 unspecified atom stereocenters. The van der Waals surface area contributed by atoms with E-state index in [1.807, 2.05) is 0 Å². The van der Waals surface area contributed by atoms with Gasteiger partial charge in [-0.25, -0.2) is 0 Å². The Morgan fingerprint density at radius 1 is 1.45 bits per heavy atom. The average Bonchev–Trinajstić information content (AvgIpc) is 2.84. The molecule has 0 aliphatic heterocycles. The molecule has 0 aliphatic rings. The summed E-state index contributed by atoms with van der Waals surface area (Å²) in [6.07, 6.45) is 0. The number of aromatic nitrogens is 2. The maximum Gasteiger partial charge on any atom is 0.233 e. The van der Waals surface area contributed by atoms with E-state index < -0.39 is 5.91 Å². The van der Waals surface area contributed by atoms with Gasteiger partial charge >= 0.3 is 0 Å². The van der Waals surface area contributed by atoms with Crippen molar-refractivity contribution in [1.82, 2.24) is 15.5 Å². The summed E-state index contributed by atoms with van der Waals surface area (Å²) in [7, 11) is 1.58. The Morgan fingerprint density at radius 3 is 2.80 bits per heavy atom. The summed E-state index contributed by atoms with van der Waals surface area (Å²) >= 11 is 3.91. The van der Waals surface area contributed by atoms with Crippen molar-refractivity contribution < 1.29 is 14.3 Å². The van der Waals surface area contributed by atoms with Crippen LogP contribution in [0.3, 0.4) is 0 Å². The first-order chi connectivity index (χ1) is 9.52. The van der Waals surface area contributed by atoms with Crippen LogP contribution in [0.4, 0.5) is 0 Å². The van der Waals surface area contributed by atoms with Gasteiger partial charge in [-0.05, 0) is 6.92 Å². The lowest BCUT2D eigenvalue weighted by atomic mass is 10.4. The van der Waals surface area contributed by atoms with Crippen LogP contribution in [-0.2, 0) is 14.3 Å². The van der Waals surface area contributed by atoms with Crippen molar-refractivity contribution in [3.63, 3.8) is 0 Å². The Labute approximate surface area is 129 Å². The van der Waals surface area contributed by atoms with Crippen LogP contribution in [0.1, 0.15) is 6.92 Å². The zero-order valence-electron chi connectivity index (χ0n) is 11.1. The molecule has 112 valence electrons. The number of hydrogen-bond donors (Lipinski definition) is 2. The molecule has 0 fully saturated rings. The molecule has 3 N–H and O–H groups in total. The van der Waals surface area contributed by atoms with Gasteiger partial charge in [-0.15, -0.1) is 10.2 Å². The van der Waals surface area contributed by atoms with Crippen LogP contribution in [0, 0.1) is 0 Å². The van der Waals surface area contributed by atoms with Gasteiger partial charge in [0.2, 0.25) is 11.8 Å². The molecule has 2 amide bonds. The summed E-state index contributed by atoms with van der Waals surface area (Å²) in [4.78, 5) is 22.4. The highest BCUT2D eigenvalue weighted by Crippen LogP contribution is 2.30. The van der Waals surface area contributed by atoms with E-state index in [0.29, 0.717) is 21.8 Å². The highest BCUT2D eigenvalue weighted by Gasteiger charge is 2.17. The predicted octanol–water partition coefficient (Wildman–Crippen LogP) is 0.359. The average molecular weight is 336 g/mol. The minimum absolute atomic E-state index is 0.0754. The Hall–Kier alpha value is -0.840. The lowest BCUT2D eigenvalue weighted by Crippen LogP contribution is -2.33. The number of thioether (sulfide) groups is 2. The number of nitrogens with two attached hydrogens (primary N) is 1. The molecule has 1 aromatic heterocycles. The molecule has 7 nitrogen and oxygen atoms in total. The van der Waals surface area contributed by atoms with Crippen molar-refractivity contribution >= 4 is 46.7 Å². The van der Waals surface area contributed by atoms with Crippen LogP contribution >= 0.6 is 34.9 Å². The van der Waals surface area contributed by atoms with E-state index in [4.69, 9.17) is 10.5 Å². The molecule has 1 atom stereocenters. The summed E-state index contributed by atoms with van der Waals surface area (Å²) in [6.45, 7) is 2.76. The summed E-state index contributed by atoms with van der Waals surface area (Å²) in [5.41, 5.74) is 5.05. The molecule has 1 heterocycles. The monoisotopic (exact) mass is 336 g/mol. The van der Waals surface area contributed by atoms with Crippen LogP contribution in [0.25, 0.3) is 0 Å². The second-order valence-corrected chi connectivity index (χ2v) is 7.42. The van der Waals surface area contributed by atoms with Gasteiger partial charge in [-0.1, -0.05) is 34.9 Å². The number of methoxy groups -OCH3 is 1. The predicted molar refractivity (Wildman–Crippen MR) is 80.0 cm³/mol. The molecule has 0 radical (unpaired) electrons. The maximum absolute atomic E-state index is 11.7. The molecule has 20 heavy (non-hydrogen) atoms. The zero-order valence-corrected chi connectivity index (χ0v) is 13.6. The molecule has 0 spiro atoms. The van der Waals surface area contributed by atoms with Crippen LogP contribution in [-0.4, -0.2) is 53.3 Å². The standard InChI is InChI=1S/C10H16N4O3S3/c1-6(8(16)12-3-4-17-2)19-10-14-13-9(20-10)18-5-7(11)15/h6H,3-5H2,1-2H3,(H2,11,15)(H,12,16)/t6-/m1/s1. The fraction of sp³-hybridized carbons (Fsp3) is 0.600. The Morgan fingerprint density at radius 2 is 2.15 bits per heavy atom. The first-order valence-corrected chi connectivity index (χ1v) is 8.39. The van der Waals surface area contributed by atoms with Gasteiger partial charge in [0.1, 0.15) is 0 Å². The molecule has 0 aromatic carbocycles. The van der Waals surface area contributed by atoms with Crippen LogP contribution in [0.2, 0.25) is 0 Å². The van der Waals surface area contributed by atoms with Gasteiger partial charge in [0.05, 0.1) is 17.6 Å². The van der Waals surface area contributed by atoms with Crippen LogP contribution in [0.5, 0.6) is 0 Å². The van der Waals surface area contributed by atoms with Crippen molar-refractivity contribution in [2.75, 3.05) is 26.0 Å². The topological polar surface area (TPSA) is 107 Å². The van der Waals surface area contributed by atoms with Crippen LogP contribution < -0.4 is 11.1 Å². The van der Waals surface area contributed by atoms with Gasteiger partial charge in [-0.2, -0.15) is 0 Å². The van der Waals surface area contributed by atoms with Crippen LogP contribution in [0.15, 0.2) is 8.68 Å². The second-order valence-electron chi connectivity index (χ2n) is 3.63. The second kappa shape index (κ2) is 9.16. The van der Waals surface area contributed by atoms with E-state index in [1.54, 1.807) is 14.0 Å². The highest BCUT2D eigenvalue weighted by atomic mass is 32.2.